The van der Waals surface area contributed by atoms with Crippen LogP contribution in [0.3, 0.4) is 0 Å². The van der Waals surface area contributed by atoms with Crippen LogP contribution in [0.4, 0.5) is 5.82 Å². The highest BCUT2D eigenvalue weighted by atomic mass is 32.1. The van der Waals surface area contributed by atoms with Gasteiger partial charge in [-0.2, -0.15) is 5.10 Å². The van der Waals surface area contributed by atoms with E-state index in [0.29, 0.717) is 12.4 Å². The van der Waals surface area contributed by atoms with E-state index in [2.05, 4.69) is 37.4 Å². The monoisotopic (exact) mass is 313 g/mol. The number of nitrogens with zero attached hydrogens (tertiary/aromatic N) is 3. The normalized spacial score (nSPS) is 11.7. The fourth-order valence-corrected chi connectivity index (χ4v) is 3.52. The van der Waals surface area contributed by atoms with Gasteiger partial charge in [0.25, 0.3) is 0 Å². The van der Waals surface area contributed by atoms with Gasteiger partial charge in [-0.3, -0.25) is 5.10 Å². The van der Waals surface area contributed by atoms with E-state index in [-0.39, 0.29) is 0 Å². The topological polar surface area (TPSA) is 108 Å². The van der Waals surface area contributed by atoms with Crippen LogP contribution in [0.25, 0.3) is 31.8 Å². The zero-order chi connectivity index (χ0) is 15.1. The predicted octanol–water partition coefficient (Wildman–Crippen LogP) is 2.25. The maximum Gasteiger partial charge on any atom is 0.152 e. The van der Waals surface area contributed by atoms with Crippen LogP contribution >= 0.6 is 11.3 Å². The number of nitrogen functional groups attached to an aromatic ring is 1. The summed E-state index contributed by atoms with van der Waals surface area (Å²) in [6.07, 6.45) is 1.74. The molecule has 0 amide bonds. The molecule has 0 aliphatic carbocycles. The third-order valence-corrected chi connectivity index (χ3v) is 4.66. The average Bonchev–Trinajstić information content (AvgIpc) is 3.22. The van der Waals surface area contributed by atoms with Crippen LogP contribution in [0.5, 0.6) is 0 Å². The summed E-state index contributed by atoms with van der Waals surface area (Å²) < 4.78 is 1.06. The fourth-order valence-electron chi connectivity index (χ4n) is 2.45. The molecule has 0 aliphatic rings. The Balaban J connectivity index is 1.91. The van der Waals surface area contributed by atoms with E-state index in [1.165, 1.54) is 0 Å². The summed E-state index contributed by atoms with van der Waals surface area (Å²) in [6.45, 7) is 3.64. The molecule has 0 atom stereocenters. The zero-order valence-electron chi connectivity index (χ0n) is 12.0. The number of imidazole rings is 1. The summed E-state index contributed by atoms with van der Waals surface area (Å²) in [5.74, 6) is 1.32. The number of rotatable bonds is 4. The van der Waals surface area contributed by atoms with Gasteiger partial charge in [-0.05, 0) is 18.7 Å². The molecule has 4 rings (SSSR count). The van der Waals surface area contributed by atoms with E-state index in [9.17, 15) is 0 Å². The number of hydrogen-bond acceptors (Lipinski definition) is 6. The smallest absolute Gasteiger partial charge is 0.152 e. The molecule has 7 nitrogen and oxygen atoms in total. The van der Waals surface area contributed by atoms with Gasteiger partial charge in [-0.1, -0.05) is 6.92 Å². The number of fused-ring (bicyclic) bond motifs is 3. The molecular formula is C14H15N7S. The maximum atomic E-state index is 6.06. The van der Waals surface area contributed by atoms with Crippen LogP contribution in [0.2, 0.25) is 0 Å². The summed E-state index contributed by atoms with van der Waals surface area (Å²) in [5, 5.41) is 10.2. The molecule has 0 spiro atoms. The van der Waals surface area contributed by atoms with E-state index in [4.69, 9.17) is 5.73 Å². The van der Waals surface area contributed by atoms with Gasteiger partial charge in [0.2, 0.25) is 0 Å². The van der Waals surface area contributed by atoms with Crippen LogP contribution in [-0.4, -0.2) is 31.7 Å². The minimum atomic E-state index is 0.454. The van der Waals surface area contributed by atoms with E-state index < -0.39 is 0 Å². The predicted molar refractivity (Wildman–Crippen MR) is 88.6 cm³/mol. The Morgan fingerprint density at radius 3 is 3.05 bits per heavy atom. The highest BCUT2D eigenvalue weighted by Crippen LogP contribution is 2.36. The minimum absolute atomic E-state index is 0.454. The Labute approximate surface area is 130 Å². The van der Waals surface area contributed by atoms with E-state index >= 15 is 0 Å². The van der Waals surface area contributed by atoms with Crippen molar-refractivity contribution in [2.75, 3.05) is 12.3 Å². The quantitative estimate of drug-likeness (QED) is 0.462. The highest BCUT2D eigenvalue weighted by Gasteiger charge is 2.15. The molecule has 0 bridgehead atoms. The first-order chi connectivity index (χ1) is 10.8. The van der Waals surface area contributed by atoms with Crippen LogP contribution in [0.1, 0.15) is 12.7 Å². The molecule has 8 heteroatoms. The minimum Gasteiger partial charge on any atom is -0.382 e. The molecule has 4 heterocycles. The van der Waals surface area contributed by atoms with Gasteiger partial charge < -0.3 is 16.0 Å². The van der Waals surface area contributed by atoms with Gasteiger partial charge in [0.15, 0.2) is 5.82 Å². The van der Waals surface area contributed by atoms with E-state index in [1.807, 2.05) is 12.1 Å². The van der Waals surface area contributed by atoms with Crippen molar-refractivity contribution >= 4 is 38.4 Å². The van der Waals surface area contributed by atoms with Crippen LogP contribution in [0.15, 0.2) is 18.3 Å². The number of anilines is 1. The summed E-state index contributed by atoms with van der Waals surface area (Å²) >= 11 is 1.65. The van der Waals surface area contributed by atoms with Crippen molar-refractivity contribution in [2.24, 2.45) is 0 Å². The van der Waals surface area contributed by atoms with Crippen molar-refractivity contribution in [1.29, 1.82) is 0 Å². The van der Waals surface area contributed by atoms with Crippen molar-refractivity contribution < 1.29 is 0 Å². The lowest BCUT2D eigenvalue weighted by molar-refractivity contribution is 0.700. The number of thiophene rings is 1. The lowest BCUT2D eigenvalue weighted by Gasteiger charge is -1.95. The Morgan fingerprint density at radius 1 is 1.36 bits per heavy atom. The van der Waals surface area contributed by atoms with Gasteiger partial charge in [-0.15, -0.1) is 11.3 Å². The molecule has 4 aromatic heterocycles. The fraction of sp³-hybridized carbons (Fsp3) is 0.214. The number of aromatic nitrogens is 5. The summed E-state index contributed by atoms with van der Waals surface area (Å²) in [6, 6.07) is 3.96. The van der Waals surface area contributed by atoms with Gasteiger partial charge in [0.05, 0.1) is 32.8 Å². The molecule has 4 aromatic rings. The Bertz CT molecular complexity index is 935. The SMILES string of the molecule is CCNCc1nc2c(N)nc3cc(-c4ccn[nH]4)sc3c2[nH]1. The molecule has 0 fully saturated rings. The first-order valence-electron chi connectivity index (χ1n) is 7.04. The van der Waals surface area contributed by atoms with Crippen molar-refractivity contribution in [3.63, 3.8) is 0 Å². The van der Waals surface area contributed by atoms with Crippen molar-refractivity contribution in [2.45, 2.75) is 13.5 Å². The van der Waals surface area contributed by atoms with Crippen LogP contribution in [0, 0.1) is 0 Å². The molecular weight excluding hydrogens is 298 g/mol. The van der Waals surface area contributed by atoms with Crippen LogP contribution < -0.4 is 11.1 Å². The number of H-pyrrole nitrogens is 2. The van der Waals surface area contributed by atoms with Crippen LogP contribution in [-0.2, 0) is 6.54 Å². The number of nitrogens with one attached hydrogen (secondary N) is 3. The van der Waals surface area contributed by atoms with Gasteiger partial charge >= 0.3 is 0 Å². The largest absolute Gasteiger partial charge is 0.382 e. The second-order valence-corrected chi connectivity index (χ2v) is 6.03. The van der Waals surface area contributed by atoms with Gasteiger partial charge in [0.1, 0.15) is 11.3 Å². The molecule has 22 heavy (non-hydrogen) atoms. The summed E-state index contributed by atoms with van der Waals surface area (Å²) in [4.78, 5) is 13.5. The molecule has 5 N–H and O–H groups in total. The third-order valence-electron chi connectivity index (χ3n) is 3.48. The maximum absolute atomic E-state index is 6.06. The van der Waals surface area contributed by atoms with Crippen molar-refractivity contribution in [3.05, 3.63) is 24.2 Å². The Morgan fingerprint density at radius 2 is 2.27 bits per heavy atom. The number of nitrogens with two attached hydrogens (primary N) is 1. The first-order valence-corrected chi connectivity index (χ1v) is 7.86. The van der Waals surface area contributed by atoms with Crippen molar-refractivity contribution in [1.82, 2.24) is 30.5 Å². The van der Waals surface area contributed by atoms with Crippen molar-refractivity contribution in [3.8, 4) is 10.6 Å². The highest BCUT2D eigenvalue weighted by molar-refractivity contribution is 7.23. The molecule has 0 saturated heterocycles. The molecule has 0 unspecified atom stereocenters. The van der Waals surface area contributed by atoms with E-state index in [1.54, 1.807) is 17.5 Å². The first kappa shape index (κ1) is 13.2. The summed E-state index contributed by atoms with van der Waals surface area (Å²) in [5.41, 5.74) is 9.60. The standard InChI is InChI=1S/C14H15N7S/c1-2-16-6-10-19-11-12(20-10)14(15)18-8-5-9(22-13(8)11)7-3-4-17-21-7/h3-5,16H,2,6H2,1H3,(H2,15,18)(H,17,21)(H,19,20). The number of hydrogen-bond donors (Lipinski definition) is 4. The second kappa shape index (κ2) is 5.08. The Hall–Kier alpha value is -2.45. The van der Waals surface area contributed by atoms with Gasteiger partial charge in [-0.25, -0.2) is 9.97 Å². The number of pyridine rings is 1. The lowest BCUT2D eigenvalue weighted by Crippen LogP contribution is -2.12. The summed E-state index contributed by atoms with van der Waals surface area (Å²) in [7, 11) is 0. The molecule has 112 valence electrons. The molecule has 0 aromatic carbocycles. The third kappa shape index (κ3) is 2.04. The molecule has 0 aliphatic heterocycles. The molecule has 0 saturated carbocycles. The van der Waals surface area contributed by atoms with Gasteiger partial charge in [0, 0.05) is 6.20 Å². The van der Waals surface area contributed by atoms with E-state index in [0.717, 1.165) is 44.2 Å². The molecule has 0 radical (unpaired) electrons. The lowest BCUT2D eigenvalue weighted by atomic mass is 10.3. The Kier molecular flexibility index (Phi) is 3.05. The zero-order valence-corrected chi connectivity index (χ0v) is 12.8. The second-order valence-electron chi connectivity index (χ2n) is 4.98. The number of aromatic amines is 2. The average molecular weight is 313 g/mol.